The van der Waals surface area contributed by atoms with E-state index in [1.165, 1.54) is 48.5 Å². The summed E-state index contributed by atoms with van der Waals surface area (Å²) in [4.78, 5) is 12.5. The van der Waals surface area contributed by atoms with E-state index < -0.39 is 26.0 Å². The first-order valence-corrected chi connectivity index (χ1v) is 13.0. The number of amides is 1. The highest BCUT2D eigenvalue weighted by Crippen LogP contribution is 2.31. The van der Waals surface area contributed by atoms with E-state index in [1.54, 1.807) is 18.2 Å². The normalized spacial score (nSPS) is 11.6. The number of nitrogens with one attached hydrogen (secondary N) is 3. The Kier molecular flexibility index (Phi) is 6.99. The molecule has 3 aromatic carbocycles. The van der Waals surface area contributed by atoms with E-state index in [0.29, 0.717) is 5.69 Å². The summed E-state index contributed by atoms with van der Waals surface area (Å²) in [5, 5.41) is 2.88. The van der Waals surface area contributed by atoms with Crippen LogP contribution in [0.25, 0.3) is 0 Å². The van der Waals surface area contributed by atoms with Gasteiger partial charge >= 0.3 is 0 Å². The summed E-state index contributed by atoms with van der Waals surface area (Å²) >= 11 is 11.9. The maximum absolute atomic E-state index is 12.6. The molecule has 168 valence electrons. The monoisotopic (exact) mass is 513 g/mol. The Hall–Kier alpha value is -2.79. The molecule has 0 bridgehead atoms. The molecular weight excluding hydrogens is 497 g/mol. The van der Waals surface area contributed by atoms with Crippen molar-refractivity contribution in [3.05, 3.63) is 82.3 Å². The van der Waals surface area contributed by atoms with Crippen LogP contribution < -0.4 is 14.8 Å². The number of anilines is 3. The molecule has 0 fully saturated rings. The van der Waals surface area contributed by atoms with Gasteiger partial charge in [-0.25, -0.2) is 16.8 Å². The van der Waals surface area contributed by atoms with Gasteiger partial charge in [-0.1, -0.05) is 41.4 Å². The van der Waals surface area contributed by atoms with Crippen LogP contribution in [-0.2, 0) is 20.0 Å². The van der Waals surface area contributed by atoms with Gasteiger partial charge in [-0.15, -0.1) is 0 Å². The minimum Gasteiger partial charge on any atom is -0.322 e. The first kappa shape index (κ1) is 23.9. The minimum atomic E-state index is -3.96. The first-order chi connectivity index (χ1) is 15.0. The zero-order chi connectivity index (χ0) is 23.5. The van der Waals surface area contributed by atoms with Crippen LogP contribution >= 0.6 is 23.2 Å². The number of carbonyl (C=O) groups is 1. The molecule has 1 amide bonds. The Balaban J connectivity index is 1.78. The minimum absolute atomic E-state index is 0.0642. The fraction of sp³-hybridized carbons (Fsp3) is 0.0500. The third-order valence-electron chi connectivity index (χ3n) is 4.09. The van der Waals surface area contributed by atoms with Crippen LogP contribution in [0.1, 0.15) is 10.4 Å². The average molecular weight is 514 g/mol. The lowest BCUT2D eigenvalue weighted by molar-refractivity contribution is 0.102. The molecule has 3 N–H and O–H groups in total. The number of benzene rings is 3. The first-order valence-electron chi connectivity index (χ1n) is 8.91. The topological polar surface area (TPSA) is 121 Å². The molecule has 0 aliphatic heterocycles. The van der Waals surface area contributed by atoms with Crippen molar-refractivity contribution in [2.45, 2.75) is 4.90 Å². The number of para-hydroxylation sites is 1. The van der Waals surface area contributed by atoms with Crippen molar-refractivity contribution in [1.29, 1.82) is 0 Å². The number of halogens is 2. The molecule has 3 aromatic rings. The van der Waals surface area contributed by atoms with E-state index >= 15 is 0 Å². The van der Waals surface area contributed by atoms with Crippen molar-refractivity contribution >= 4 is 66.2 Å². The highest BCUT2D eigenvalue weighted by atomic mass is 35.5. The molecular formula is C20H17Cl2N3O5S2. The Morgan fingerprint density at radius 3 is 2.06 bits per heavy atom. The van der Waals surface area contributed by atoms with E-state index in [0.717, 1.165) is 6.26 Å². The van der Waals surface area contributed by atoms with Crippen molar-refractivity contribution in [1.82, 2.24) is 0 Å². The Labute approximate surface area is 195 Å². The van der Waals surface area contributed by atoms with Crippen LogP contribution in [0.4, 0.5) is 17.1 Å². The lowest BCUT2D eigenvalue weighted by atomic mass is 10.1. The van der Waals surface area contributed by atoms with Gasteiger partial charge < -0.3 is 5.32 Å². The second-order valence-corrected chi connectivity index (χ2v) is 10.8. The number of hydrogen-bond donors (Lipinski definition) is 3. The Bertz CT molecular complexity index is 1380. The molecule has 0 atom stereocenters. The van der Waals surface area contributed by atoms with Gasteiger partial charge in [0.05, 0.1) is 38.1 Å². The van der Waals surface area contributed by atoms with Crippen LogP contribution in [0.2, 0.25) is 10.0 Å². The summed E-state index contributed by atoms with van der Waals surface area (Å²) in [7, 11) is -7.54. The number of sulfonamides is 2. The van der Waals surface area contributed by atoms with E-state index in [9.17, 15) is 21.6 Å². The van der Waals surface area contributed by atoms with Gasteiger partial charge in [0.2, 0.25) is 10.0 Å². The molecule has 0 aromatic heterocycles. The van der Waals surface area contributed by atoms with Gasteiger partial charge in [-0.2, -0.15) is 0 Å². The standard InChI is InChI=1S/C20H17Cl2N3O5S2/c1-31(27,28)24-17-7-3-2-5-15(17)20(26)23-13-9-11-14(12-10-13)32(29,30)25-18-8-4-6-16(21)19(18)22/h2-12,24-25H,1H3,(H,23,26). The summed E-state index contributed by atoms with van der Waals surface area (Å²) in [6.07, 6.45) is 0.978. The van der Waals surface area contributed by atoms with Gasteiger partial charge in [-0.05, 0) is 48.5 Å². The molecule has 8 nitrogen and oxygen atoms in total. The quantitative estimate of drug-likeness (QED) is 0.431. The average Bonchev–Trinajstić information content (AvgIpc) is 2.71. The fourth-order valence-electron chi connectivity index (χ4n) is 2.67. The SMILES string of the molecule is CS(=O)(=O)Nc1ccccc1C(=O)Nc1ccc(S(=O)(=O)Nc2cccc(Cl)c2Cl)cc1. The largest absolute Gasteiger partial charge is 0.322 e. The zero-order valence-electron chi connectivity index (χ0n) is 16.5. The second kappa shape index (κ2) is 9.37. The fourth-order valence-corrected chi connectivity index (χ4v) is 4.73. The smallest absolute Gasteiger partial charge is 0.261 e. The molecule has 0 radical (unpaired) electrons. The van der Waals surface area contributed by atoms with Gasteiger partial charge in [0.15, 0.2) is 0 Å². The maximum atomic E-state index is 12.6. The molecule has 3 rings (SSSR count). The molecule has 0 unspecified atom stereocenters. The van der Waals surface area contributed by atoms with Crippen molar-refractivity contribution in [3.63, 3.8) is 0 Å². The van der Waals surface area contributed by atoms with Crippen LogP contribution in [0.15, 0.2) is 71.6 Å². The van der Waals surface area contributed by atoms with E-state index in [2.05, 4.69) is 14.8 Å². The highest BCUT2D eigenvalue weighted by Gasteiger charge is 2.18. The van der Waals surface area contributed by atoms with Crippen LogP contribution in [-0.4, -0.2) is 29.0 Å². The summed E-state index contributed by atoms with van der Waals surface area (Å²) in [6, 6.07) is 16.1. The molecule has 0 spiro atoms. The molecule has 32 heavy (non-hydrogen) atoms. The molecule has 12 heteroatoms. The van der Waals surface area contributed by atoms with Crippen molar-refractivity contribution in [3.8, 4) is 0 Å². The summed E-state index contributed by atoms with van der Waals surface area (Å²) < 4.78 is 52.9. The predicted octanol–water partition coefficient (Wildman–Crippen LogP) is 4.42. The van der Waals surface area contributed by atoms with Crippen LogP contribution in [0.5, 0.6) is 0 Å². The Morgan fingerprint density at radius 2 is 1.41 bits per heavy atom. The van der Waals surface area contributed by atoms with Crippen molar-refractivity contribution in [2.24, 2.45) is 0 Å². The Morgan fingerprint density at radius 1 is 0.781 bits per heavy atom. The summed E-state index contributed by atoms with van der Waals surface area (Å²) in [5.41, 5.74) is 0.664. The predicted molar refractivity (Wildman–Crippen MR) is 127 cm³/mol. The highest BCUT2D eigenvalue weighted by molar-refractivity contribution is 7.92. The molecule has 0 heterocycles. The van der Waals surface area contributed by atoms with Gasteiger partial charge in [0.1, 0.15) is 0 Å². The summed E-state index contributed by atoms with van der Waals surface area (Å²) in [5.74, 6) is -0.573. The van der Waals surface area contributed by atoms with Gasteiger partial charge in [0.25, 0.3) is 15.9 Å². The second-order valence-electron chi connectivity index (χ2n) is 6.61. The molecule has 0 aliphatic rings. The lowest BCUT2D eigenvalue weighted by Crippen LogP contribution is -2.17. The van der Waals surface area contributed by atoms with Gasteiger partial charge in [0, 0.05) is 5.69 Å². The molecule has 0 saturated carbocycles. The van der Waals surface area contributed by atoms with Gasteiger partial charge in [-0.3, -0.25) is 14.2 Å². The molecule has 0 saturated heterocycles. The maximum Gasteiger partial charge on any atom is 0.261 e. The van der Waals surface area contributed by atoms with Crippen molar-refractivity contribution in [2.75, 3.05) is 21.0 Å². The zero-order valence-corrected chi connectivity index (χ0v) is 19.6. The van der Waals surface area contributed by atoms with Crippen LogP contribution in [0, 0.1) is 0 Å². The van der Waals surface area contributed by atoms with Crippen molar-refractivity contribution < 1.29 is 21.6 Å². The number of rotatable bonds is 7. The third-order valence-corrected chi connectivity index (χ3v) is 6.88. The number of carbonyl (C=O) groups excluding carboxylic acids is 1. The summed E-state index contributed by atoms with van der Waals surface area (Å²) in [6.45, 7) is 0. The third kappa shape index (κ3) is 5.92. The van der Waals surface area contributed by atoms with E-state index in [1.807, 2.05) is 0 Å². The van der Waals surface area contributed by atoms with Crippen LogP contribution in [0.3, 0.4) is 0 Å². The van der Waals surface area contributed by atoms with E-state index in [-0.39, 0.29) is 31.9 Å². The number of hydrogen-bond acceptors (Lipinski definition) is 5. The molecule has 0 aliphatic carbocycles. The lowest BCUT2D eigenvalue weighted by Gasteiger charge is -2.12. The van der Waals surface area contributed by atoms with E-state index in [4.69, 9.17) is 23.2 Å².